The summed E-state index contributed by atoms with van der Waals surface area (Å²) in [6.07, 6.45) is 3.74. The Labute approximate surface area is 163 Å². The number of carbonyl (C=O) groups is 1. The van der Waals surface area contributed by atoms with Gasteiger partial charge in [-0.1, -0.05) is 60.7 Å². The fraction of sp³-hybridized carbons (Fsp3) is 0.273. The zero-order chi connectivity index (χ0) is 18.5. The molecule has 1 amide bonds. The maximum Gasteiger partial charge on any atom is 0.232 e. The number of carbonyl (C=O) groups excluding carboxylic acids is 1. The molecular weight excluding hydrogens is 354 g/mol. The number of amides is 1. The largest absolute Gasteiger partial charge is 0.352 e. The third kappa shape index (κ3) is 4.19. The van der Waals surface area contributed by atoms with Crippen molar-refractivity contribution in [1.29, 1.82) is 0 Å². The molecular formula is C22H23N3OS. The topological polar surface area (TPSA) is 45.2 Å². The molecule has 0 aliphatic carbocycles. The van der Waals surface area contributed by atoms with E-state index in [4.69, 9.17) is 0 Å². The van der Waals surface area contributed by atoms with Crippen molar-refractivity contribution < 1.29 is 4.79 Å². The second kappa shape index (κ2) is 8.35. The van der Waals surface area contributed by atoms with Gasteiger partial charge < -0.3 is 10.2 Å². The van der Waals surface area contributed by atoms with E-state index in [0.29, 0.717) is 0 Å². The number of hydrogen-bond donors (Lipinski definition) is 1. The first-order chi connectivity index (χ1) is 13.3. The van der Waals surface area contributed by atoms with Crippen molar-refractivity contribution in [3.63, 3.8) is 0 Å². The predicted molar refractivity (Wildman–Crippen MR) is 110 cm³/mol. The molecule has 1 N–H and O–H groups in total. The van der Waals surface area contributed by atoms with Gasteiger partial charge in [-0.15, -0.1) is 11.3 Å². The van der Waals surface area contributed by atoms with E-state index in [0.717, 1.165) is 42.2 Å². The summed E-state index contributed by atoms with van der Waals surface area (Å²) in [5.41, 5.74) is 2.06. The Morgan fingerprint density at radius 1 is 1.00 bits per heavy atom. The van der Waals surface area contributed by atoms with Crippen LogP contribution in [0.3, 0.4) is 0 Å². The van der Waals surface area contributed by atoms with E-state index in [2.05, 4.69) is 15.2 Å². The molecule has 1 fully saturated rings. The van der Waals surface area contributed by atoms with Crippen LogP contribution in [0, 0.1) is 0 Å². The van der Waals surface area contributed by atoms with Gasteiger partial charge in [0, 0.05) is 30.7 Å². The van der Waals surface area contributed by atoms with E-state index in [1.54, 1.807) is 11.3 Å². The lowest BCUT2D eigenvalue weighted by molar-refractivity contribution is -0.122. The summed E-state index contributed by atoms with van der Waals surface area (Å²) < 4.78 is 0. The minimum atomic E-state index is -0.274. The minimum absolute atomic E-state index is 0.0834. The molecule has 2 heterocycles. The molecule has 138 valence electrons. The lowest BCUT2D eigenvalue weighted by Gasteiger charge is -2.33. The van der Waals surface area contributed by atoms with Crippen molar-refractivity contribution >= 4 is 22.4 Å². The van der Waals surface area contributed by atoms with Gasteiger partial charge in [-0.2, -0.15) is 0 Å². The van der Waals surface area contributed by atoms with E-state index < -0.39 is 0 Å². The van der Waals surface area contributed by atoms with E-state index >= 15 is 0 Å². The quantitative estimate of drug-likeness (QED) is 0.729. The number of thiazole rings is 1. The first-order valence-electron chi connectivity index (χ1n) is 9.36. The average molecular weight is 378 g/mol. The van der Waals surface area contributed by atoms with Gasteiger partial charge in [0.15, 0.2) is 5.13 Å². The molecule has 0 unspecified atom stereocenters. The van der Waals surface area contributed by atoms with Gasteiger partial charge in [0.2, 0.25) is 5.91 Å². The summed E-state index contributed by atoms with van der Waals surface area (Å²) in [5.74, 6) is -0.190. The number of rotatable bonds is 5. The highest BCUT2D eigenvalue weighted by atomic mass is 32.1. The van der Waals surface area contributed by atoms with Gasteiger partial charge in [0.25, 0.3) is 0 Å². The number of benzene rings is 2. The molecule has 0 atom stereocenters. The Bertz CT molecular complexity index is 804. The van der Waals surface area contributed by atoms with Crippen molar-refractivity contribution in [2.45, 2.75) is 24.8 Å². The highest BCUT2D eigenvalue weighted by molar-refractivity contribution is 7.13. The summed E-state index contributed by atoms with van der Waals surface area (Å²) in [4.78, 5) is 19.9. The van der Waals surface area contributed by atoms with Crippen molar-refractivity contribution in [3.05, 3.63) is 83.4 Å². The maximum absolute atomic E-state index is 13.2. The van der Waals surface area contributed by atoms with Crippen LogP contribution >= 0.6 is 11.3 Å². The molecule has 0 saturated carbocycles. The number of anilines is 1. The maximum atomic E-state index is 13.2. The summed E-state index contributed by atoms with van der Waals surface area (Å²) in [5, 5.41) is 6.38. The number of piperidine rings is 1. The normalized spacial score (nSPS) is 15.1. The Hall–Kier alpha value is -2.66. The van der Waals surface area contributed by atoms with Crippen LogP contribution in [0.15, 0.2) is 72.2 Å². The molecule has 3 aromatic rings. The van der Waals surface area contributed by atoms with Crippen molar-refractivity contribution in [2.24, 2.45) is 0 Å². The Morgan fingerprint density at radius 3 is 2.11 bits per heavy atom. The van der Waals surface area contributed by atoms with Gasteiger partial charge in [-0.3, -0.25) is 4.79 Å². The van der Waals surface area contributed by atoms with Gasteiger partial charge in [0.05, 0.1) is 5.92 Å². The molecule has 2 aromatic carbocycles. The van der Waals surface area contributed by atoms with Gasteiger partial charge in [-0.05, 0) is 24.0 Å². The summed E-state index contributed by atoms with van der Waals surface area (Å²) in [7, 11) is 0. The lowest BCUT2D eigenvalue weighted by Crippen LogP contribution is -2.46. The molecule has 1 aliphatic rings. The third-order valence-corrected chi connectivity index (χ3v) is 5.89. The Kier molecular flexibility index (Phi) is 5.49. The van der Waals surface area contributed by atoms with E-state index in [1.807, 2.05) is 72.2 Å². The van der Waals surface area contributed by atoms with Gasteiger partial charge in [-0.25, -0.2) is 4.98 Å². The molecule has 0 spiro atoms. The standard InChI is InChI=1S/C22H23N3OS/c26-21(24-19-11-14-25(15-12-19)22-23-13-16-27-22)20(17-7-3-1-4-8-17)18-9-5-2-6-10-18/h1-10,13,16,19-20H,11-12,14-15H2,(H,24,26). The lowest BCUT2D eigenvalue weighted by atomic mass is 9.90. The minimum Gasteiger partial charge on any atom is -0.352 e. The molecule has 1 aliphatic heterocycles. The van der Waals surface area contributed by atoms with E-state index in [-0.39, 0.29) is 17.9 Å². The first kappa shape index (κ1) is 17.7. The number of hydrogen-bond acceptors (Lipinski definition) is 4. The van der Waals surface area contributed by atoms with E-state index in [1.165, 1.54) is 0 Å². The third-order valence-electron chi connectivity index (χ3n) is 5.06. The SMILES string of the molecule is O=C(NC1CCN(c2nccs2)CC1)C(c1ccccc1)c1ccccc1. The second-order valence-corrected chi connectivity index (χ2v) is 7.71. The molecule has 0 radical (unpaired) electrons. The van der Waals surface area contributed by atoms with Crippen LogP contribution in [0.25, 0.3) is 0 Å². The van der Waals surface area contributed by atoms with Crippen LogP contribution in [-0.4, -0.2) is 30.0 Å². The average Bonchev–Trinajstić information content (AvgIpc) is 3.25. The highest BCUT2D eigenvalue weighted by Gasteiger charge is 2.27. The molecule has 5 heteroatoms. The van der Waals surface area contributed by atoms with Crippen molar-refractivity contribution in [1.82, 2.24) is 10.3 Å². The fourth-order valence-corrected chi connectivity index (χ4v) is 4.35. The number of nitrogens with one attached hydrogen (secondary N) is 1. The van der Waals surface area contributed by atoms with E-state index in [9.17, 15) is 4.79 Å². The van der Waals surface area contributed by atoms with Crippen LogP contribution in [-0.2, 0) is 4.79 Å². The second-order valence-electron chi connectivity index (χ2n) is 6.84. The van der Waals surface area contributed by atoms with Gasteiger partial charge in [0.1, 0.15) is 0 Å². The van der Waals surface area contributed by atoms with Crippen molar-refractivity contribution in [2.75, 3.05) is 18.0 Å². The van der Waals surface area contributed by atoms with Crippen LogP contribution in [0.2, 0.25) is 0 Å². The summed E-state index contributed by atoms with van der Waals surface area (Å²) in [6, 6.07) is 20.3. The monoisotopic (exact) mass is 377 g/mol. The van der Waals surface area contributed by atoms with Crippen molar-refractivity contribution in [3.8, 4) is 0 Å². The number of nitrogens with zero attached hydrogens (tertiary/aromatic N) is 2. The van der Waals surface area contributed by atoms with Crippen LogP contribution < -0.4 is 10.2 Å². The summed E-state index contributed by atoms with van der Waals surface area (Å²) in [6.45, 7) is 1.86. The fourth-order valence-electron chi connectivity index (χ4n) is 3.66. The predicted octanol–water partition coefficient (Wildman–Crippen LogP) is 4.06. The molecule has 4 rings (SSSR count). The molecule has 27 heavy (non-hydrogen) atoms. The first-order valence-corrected chi connectivity index (χ1v) is 10.2. The van der Waals surface area contributed by atoms with Crippen LogP contribution in [0.4, 0.5) is 5.13 Å². The highest BCUT2D eigenvalue weighted by Crippen LogP contribution is 2.26. The molecule has 1 aromatic heterocycles. The Balaban J connectivity index is 1.45. The zero-order valence-electron chi connectivity index (χ0n) is 15.1. The van der Waals surface area contributed by atoms with Crippen LogP contribution in [0.1, 0.15) is 29.9 Å². The molecule has 4 nitrogen and oxygen atoms in total. The number of aromatic nitrogens is 1. The van der Waals surface area contributed by atoms with Gasteiger partial charge >= 0.3 is 0 Å². The summed E-state index contributed by atoms with van der Waals surface area (Å²) >= 11 is 1.67. The molecule has 1 saturated heterocycles. The molecule has 0 bridgehead atoms. The smallest absolute Gasteiger partial charge is 0.232 e. The Morgan fingerprint density at radius 2 is 1.59 bits per heavy atom. The van der Waals surface area contributed by atoms with Crippen LogP contribution in [0.5, 0.6) is 0 Å². The zero-order valence-corrected chi connectivity index (χ0v) is 15.9.